The lowest BCUT2D eigenvalue weighted by molar-refractivity contribution is 0.0936. The highest BCUT2D eigenvalue weighted by Crippen LogP contribution is 2.21. The zero-order chi connectivity index (χ0) is 17.5. The Bertz CT molecular complexity index is 782. The van der Waals surface area contributed by atoms with Crippen molar-refractivity contribution in [2.75, 3.05) is 6.54 Å². The number of furan rings is 1. The maximum atomic E-state index is 12.1. The largest absolute Gasteiger partial charge is 0.467 e. The predicted molar refractivity (Wildman–Crippen MR) is 93.6 cm³/mol. The molecule has 1 aromatic heterocycles. The van der Waals surface area contributed by atoms with Crippen molar-refractivity contribution < 1.29 is 19.1 Å². The van der Waals surface area contributed by atoms with E-state index in [1.807, 2.05) is 30.3 Å². The minimum absolute atomic E-state index is 0.196. The van der Waals surface area contributed by atoms with Crippen molar-refractivity contribution in [2.45, 2.75) is 12.5 Å². The number of carbonyl (C=O) groups excluding carboxylic acids is 1. The van der Waals surface area contributed by atoms with E-state index >= 15 is 0 Å². The lowest BCUT2D eigenvalue weighted by atomic mass is 10.2. The van der Waals surface area contributed by atoms with E-state index in [-0.39, 0.29) is 5.91 Å². The van der Waals surface area contributed by atoms with Gasteiger partial charge in [0.15, 0.2) is 0 Å². The minimum Gasteiger partial charge on any atom is -0.467 e. The van der Waals surface area contributed by atoms with Crippen LogP contribution in [0.15, 0.2) is 77.4 Å². The molecule has 0 aliphatic rings. The summed E-state index contributed by atoms with van der Waals surface area (Å²) in [5.74, 6) is 1.71. The fourth-order valence-electron chi connectivity index (χ4n) is 2.35. The van der Waals surface area contributed by atoms with Crippen LogP contribution in [0.25, 0.3) is 0 Å². The van der Waals surface area contributed by atoms with Crippen LogP contribution in [-0.4, -0.2) is 17.6 Å². The summed E-state index contributed by atoms with van der Waals surface area (Å²) in [4.78, 5) is 12.1. The van der Waals surface area contributed by atoms with Crippen molar-refractivity contribution >= 4 is 5.91 Å². The van der Waals surface area contributed by atoms with Gasteiger partial charge in [-0.1, -0.05) is 18.2 Å². The van der Waals surface area contributed by atoms with Crippen LogP contribution in [0, 0.1) is 0 Å². The lowest BCUT2D eigenvalue weighted by Crippen LogP contribution is -2.25. The second kappa shape index (κ2) is 8.17. The van der Waals surface area contributed by atoms with E-state index in [0.29, 0.717) is 30.0 Å². The number of aliphatic hydroxyl groups excluding tert-OH is 1. The van der Waals surface area contributed by atoms with Crippen LogP contribution in [0.5, 0.6) is 11.5 Å². The van der Waals surface area contributed by atoms with Crippen molar-refractivity contribution in [3.63, 3.8) is 0 Å². The Morgan fingerprint density at radius 1 is 1.00 bits per heavy atom. The van der Waals surface area contributed by atoms with E-state index < -0.39 is 6.10 Å². The van der Waals surface area contributed by atoms with Gasteiger partial charge in [0.2, 0.25) is 0 Å². The normalized spacial score (nSPS) is 11.7. The van der Waals surface area contributed by atoms with E-state index in [4.69, 9.17) is 9.15 Å². The molecule has 3 rings (SSSR count). The van der Waals surface area contributed by atoms with Gasteiger partial charge in [-0.05, 0) is 55.0 Å². The van der Waals surface area contributed by atoms with Crippen molar-refractivity contribution in [3.8, 4) is 11.5 Å². The highest BCUT2D eigenvalue weighted by Gasteiger charge is 2.11. The number of amides is 1. The third-order valence-corrected chi connectivity index (χ3v) is 3.67. The number of aliphatic hydroxyl groups is 1. The van der Waals surface area contributed by atoms with Crippen LogP contribution in [-0.2, 0) is 0 Å². The van der Waals surface area contributed by atoms with Gasteiger partial charge in [-0.15, -0.1) is 0 Å². The molecule has 1 amide bonds. The summed E-state index contributed by atoms with van der Waals surface area (Å²) in [6.07, 6.45) is 1.17. The highest BCUT2D eigenvalue weighted by atomic mass is 16.5. The molecule has 0 radical (unpaired) electrons. The fourth-order valence-corrected chi connectivity index (χ4v) is 2.35. The third kappa shape index (κ3) is 4.71. The summed E-state index contributed by atoms with van der Waals surface area (Å²) >= 11 is 0. The third-order valence-electron chi connectivity index (χ3n) is 3.67. The molecule has 0 bridgehead atoms. The lowest BCUT2D eigenvalue weighted by Gasteiger charge is -2.10. The van der Waals surface area contributed by atoms with Crippen molar-refractivity contribution in [1.82, 2.24) is 5.32 Å². The van der Waals surface area contributed by atoms with Gasteiger partial charge in [-0.3, -0.25) is 4.79 Å². The fraction of sp³-hybridized carbons (Fsp3) is 0.150. The topological polar surface area (TPSA) is 71.7 Å². The molecule has 25 heavy (non-hydrogen) atoms. The maximum absolute atomic E-state index is 12.1. The summed E-state index contributed by atoms with van der Waals surface area (Å²) in [5, 5.41) is 12.7. The molecule has 1 heterocycles. The van der Waals surface area contributed by atoms with Gasteiger partial charge >= 0.3 is 0 Å². The quantitative estimate of drug-likeness (QED) is 0.685. The number of hydrogen-bond donors (Lipinski definition) is 2. The second-order valence-corrected chi connectivity index (χ2v) is 5.52. The van der Waals surface area contributed by atoms with E-state index in [0.717, 1.165) is 5.75 Å². The number of rotatable bonds is 7. The Morgan fingerprint density at radius 3 is 2.40 bits per heavy atom. The first kappa shape index (κ1) is 16.8. The molecule has 128 valence electrons. The van der Waals surface area contributed by atoms with Crippen LogP contribution >= 0.6 is 0 Å². The standard InChI is InChI=1S/C20H19NO4/c22-18(19-7-4-14-24-19)12-13-21-20(23)15-8-10-17(11-9-15)25-16-5-2-1-3-6-16/h1-11,14,18,22H,12-13H2,(H,21,23). The zero-order valence-electron chi connectivity index (χ0n) is 13.6. The Labute approximate surface area is 145 Å². The SMILES string of the molecule is O=C(NCCC(O)c1ccco1)c1ccc(Oc2ccccc2)cc1. The molecule has 1 unspecified atom stereocenters. The van der Waals surface area contributed by atoms with Crippen LogP contribution < -0.4 is 10.1 Å². The Hall–Kier alpha value is -3.05. The molecule has 1 atom stereocenters. The number of hydrogen-bond acceptors (Lipinski definition) is 4. The second-order valence-electron chi connectivity index (χ2n) is 5.52. The van der Waals surface area contributed by atoms with Crippen molar-refractivity contribution in [3.05, 3.63) is 84.3 Å². The Balaban J connectivity index is 1.49. The molecule has 0 fully saturated rings. The number of ether oxygens (including phenoxy) is 1. The molecule has 5 nitrogen and oxygen atoms in total. The number of para-hydroxylation sites is 1. The first-order chi connectivity index (χ1) is 12.2. The van der Waals surface area contributed by atoms with Gasteiger partial charge in [0.25, 0.3) is 5.91 Å². The average molecular weight is 337 g/mol. The van der Waals surface area contributed by atoms with Gasteiger partial charge < -0.3 is 19.6 Å². The molecule has 2 aromatic carbocycles. The summed E-state index contributed by atoms with van der Waals surface area (Å²) in [6.45, 7) is 0.350. The Morgan fingerprint density at radius 2 is 1.72 bits per heavy atom. The van der Waals surface area contributed by atoms with Gasteiger partial charge in [-0.2, -0.15) is 0 Å². The number of carbonyl (C=O) groups is 1. The number of benzene rings is 2. The molecule has 0 aliphatic carbocycles. The summed E-state index contributed by atoms with van der Waals surface area (Å²) in [6, 6.07) is 19.8. The van der Waals surface area contributed by atoms with Crippen molar-refractivity contribution in [2.24, 2.45) is 0 Å². The van der Waals surface area contributed by atoms with E-state index in [1.165, 1.54) is 6.26 Å². The summed E-state index contributed by atoms with van der Waals surface area (Å²) in [7, 11) is 0. The molecular weight excluding hydrogens is 318 g/mol. The molecule has 0 spiro atoms. The molecule has 0 saturated heterocycles. The molecule has 2 N–H and O–H groups in total. The van der Waals surface area contributed by atoms with Gasteiger partial charge in [0.1, 0.15) is 23.4 Å². The molecule has 0 aliphatic heterocycles. The van der Waals surface area contributed by atoms with Crippen LogP contribution in [0.3, 0.4) is 0 Å². The minimum atomic E-state index is -0.725. The predicted octanol–water partition coefficient (Wildman–Crippen LogP) is 3.93. The first-order valence-electron chi connectivity index (χ1n) is 8.05. The van der Waals surface area contributed by atoms with Crippen LogP contribution in [0.4, 0.5) is 0 Å². The van der Waals surface area contributed by atoms with Gasteiger partial charge in [0.05, 0.1) is 6.26 Å². The summed E-state index contributed by atoms with van der Waals surface area (Å²) in [5.41, 5.74) is 0.535. The van der Waals surface area contributed by atoms with E-state index in [1.54, 1.807) is 36.4 Å². The smallest absolute Gasteiger partial charge is 0.251 e. The number of nitrogens with one attached hydrogen (secondary N) is 1. The molecule has 5 heteroatoms. The van der Waals surface area contributed by atoms with Crippen molar-refractivity contribution in [1.29, 1.82) is 0 Å². The monoisotopic (exact) mass is 337 g/mol. The van der Waals surface area contributed by atoms with Gasteiger partial charge in [0, 0.05) is 12.1 Å². The van der Waals surface area contributed by atoms with E-state index in [2.05, 4.69) is 5.32 Å². The Kier molecular flexibility index (Phi) is 5.49. The molecule has 3 aromatic rings. The van der Waals surface area contributed by atoms with Crippen LogP contribution in [0.1, 0.15) is 28.6 Å². The molecular formula is C20H19NO4. The zero-order valence-corrected chi connectivity index (χ0v) is 13.6. The maximum Gasteiger partial charge on any atom is 0.251 e. The highest BCUT2D eigenvalue weighted by molar-refractivity contribution is 5.94. The van der Waals surface area contributed by atoms with Gasteiger partial charge in [-0.25, -0.2) is 0 Å². The summed E-state index contributed by atoms with van der Waals surface area (Å²) < 4.78 is 10.8. The first-order valence-corrected chi connectivity index (χ1v) is 8.05. The average Bonchev–Trinajstić information content (AvgIpc) is 3.18. The van der Waals surface area contributed by atoms with Crippen LogP contribution in [0.2, 0.25) is 0 Å². The molecule has 0 saturated carbocycles. The van der Waals surface area contributed by atoms with E-state index in [9.17, 15) is 9.90 Å².